The third-order valence-electron chi connectivity index (χ3n) is 9.16. The summed E-state index contributed by atoms with van der Waals surface area (Å²) >= 11 is 0. The number of hydrogen-bond donors (Lipinski definition) is 0. The zero-order valence-corrected chi connectivity index (χ0v) is 15.8. The van der Waals surface area contributed by atoms with Crippen LogP contribution in [-0.4, -0.2) is 0 Å². The topological polar surface area (TPSA) is 0 Å². The summed E-state index contributed by atoms with van der Waals surface area (Å²) in [4.78, 5) is 0. The first-order chi connectivity index (χ1) is 11.2. The van der Waals surface area contributed by atoms with Crippen molar-refractivity contribution in [2.24, 2.45) is 46.8 Å². The van der Waals surface area contributed by atoms with Gasteiger partial charge in [0, 0.05) is 0 Å². The zero-order valence-electron chi connectivity index (χ0n) is 15.8. The molecule has 0 N–H and O–H groups in total. The van der Waals surface area contributed by atoms with E-state index in [1.54, 1.807) is 32.1 Å². The van der Waals surface area contributed by atoms with Crippen molar-refractivity contribution in [3.05, 3.63) is 12.2 Å². The van der Waals surface area contributed by atoms with Crippen LogP contribution in [0, 0.1) is 46.8 Å². The lowest BCUT2D eigenvalue weighted by molar-refractivity contribution is -0.0665. The molecule has 0 heteroatoms. The number of allylic oxidation sites excluding steroid dienone is 2. The molecule has 0 aromatic carbocycles. The molecule has 0 aromatic heterocycles. The monoisotopic (exact) mass is 314 g/mol. The van der Waals surface area contributed by atoms with E-state index in [0.29, 0.717) is 5.41 Å². The van der Waals surface area contributed by atoms with Crippen molar-refractivity contribution in [1.82, 2.24) is 0 Å². The Morgan fingerprint density at radius 1 is 0.913 bits per heavy atom. The molecule has 0 spiro atoms. The van der Waals surface area contributed by atoms with Crippen LogP contribution in [0.3, 0.4) is 0 Å². The highest BCUT2D eigenvalue weighted by Gasteiger charge is 2.56. The number of hydrogen-bond acceptors (Lipinski definition) is 0. The lowest BCUT2D eigenvalue weighted by Crippen LogP contribution is -2.48. The van der Waals surface area contributed by atoms with Crippen molar-refractivity contribution in [3.63, 3.8) is 0 Å². The summed E-state index contributed by atoms with van der Waals surface area (Å²) in [5.74, 6) is 7.37. The minimum atomic E-state index is 0.708. The molecule has 4 fully saturated rings. The lowest BCUT2D eigenvalue weighted by atomic mass is 9.49. The largest absolute Gasteiger partial charge is 0.0914 e. The van der Waals surface area contributed by atoms with Gasteiger partial charge in [0.1, 0.15) is 0 Å². The van der Waals surface area contributed by atoms with E-state index in [9.17, 15) is 0 Å². The van der Waals surface area contributed by atoms with Crippen LogP contribution in [0.1, 0.15) is 85.0 Å². The molecule has 0 aliphatic heterocycles. The van der Waals surface area contributed by atoms with E-state index in [0.717, 1.165) is 41.4 Å². The highest BCUT2D eigenvalue weighted by molar-refractivity contribution is 5.06. The SMILES string of the molecule is CC=CC1CCC2CC[C@@H]3[C@H](CC[C@]4(C)[C@@H](CC)CC[C@@H]34)[C@H]2C1. The zero-order chi connectivity index (χ0) is 16.0. The summed E-state index contributed by atoms with van der Waals surface area (Å²) in [5, 5.41) is 0. The van der Waals surface area contributed by atoms with Crippen molar-refractivity contribution in [2.45, 2.75) is 85.0 Å². The van der Waals surface area contributed by atoms with E-state index >= 15 is 0 Å². The lowest BCUT2D eigenvalue weighted by Gasteiger charge is -2.56. The molecule has 23 heavy (non-hydrogen) atoms. The average Bonchev–Trinajstić information content (AvgIpc) is 2.91. The predicted octanol–water partition coefficient (Wildman–Crippen LogP) is 6.86. The number of fused-ring (bicyclic) bond motifs is 5. The smallest absolute Gasteiger partial charge is 0.0231 e. The molecule has 0 bridgehead atoms. The van der Waals surface area contributed by atoms with Crippen LogP contribution < -0.4 is 0 Å². The van der Waals surface area contributed by atoms with Gasteiger partial charge in [-0.15, -0.1) is 0 Å². The first kappa shape index (κ1) is 16.2. The molecule has 0 saturated heterocycles. The summed E-state index contributed by atoms with van der Waals surface area (Å²) in [6, 6.07) is 0. The molecular weight excluding hydrogens is 276 g/mol. The van der Waals surface area contributed by atoms with Gasteiger partial charge in [0.15, 0.2) is 0 Å². The second kappa shape index (κ2) is 6.23. The van der Waals surface area contributed by atoms with Gasteiger partial charge >= 0.3 is 0 Å². The Bertz CT molecular complexity index is 449. The fourth-order valence-corrected chi connectivity index (χ4v) is 8.08. The molecule has 4 saturated carbocycles. The minimum Gasteiger partial charge on any atom is -0.0914 e. The summed E-state index contributed by atoms with van der Waals surface area (Å²) in [7, 11) is 0. The molecule has 0 nitrogen and oxygen atoms in total. The van der Waals surface area contributed by atoms with Crippen LogP contribution in [0.5, 0.6) is 0 Å². The molecule has 0 heterocycles. The molecule has 4 aliphatic carbocycles. The standard InChI is InChI=1S/C23H38/c1-4-6-16-7-8-17-9-11-20-19(21(17)15-16)13-14-23(3)18(5-2)10-12-22(20)23/h4,6,16-22H,5,7-15H2,1-3H3/t16?,17?,18-,19-,20+,21-,22-,23+/m0/s1. The highest BCUT2D eigenvalue weighted by Crippen LogP contribution is 2.64. The van der Waals surface area contributed by atoms with Gasteiger partial charge in [-0.05, 0) is 112 Å². The fraction of sp³-hybridized carbons (Fsp3) is 0.913. The normalized spacial score (nSPS) is 52.9. The van der Waals surface area contributed by atoms with E-state index < -0.39 is 0 Å². The molecule has 130 valence electrons. The minimum absolute atomic E-state index is 0.708. The van der Waals surface area contributed by atoms with Gasteiger partial charge in [-0.2, -0.15) is 0 Å². The fourth-order valence-electron chi connectivity index (χ4n) is 8.08. The van der Waals surface area contributed by atoms with E-state index in [-0.39, 0.29) is 0 Å². The van der Waals surface area contributed by atoms with E-state index in [2.05, 4.69) is 32.9 Å². The van der Waals surface area contributed by atoms with Crippen LogP contribution in [0.2, 0.25) is 0 Å². The molecule has 8 atom stereocenters. The van der Waals surface area contributed by atoms with Gasteiger partial charge in [0.25, 0.3) is 0 Å². The first-order valence-corrected chi connectivity index (χ1v) is 10.8. The van der Waals surface area contributed by atoms with Crippen LogP contribution in [0.4, 0.5) is 0 Å². The number of rotatable bonds is 2. The maximum atomic E-state index is 2.69. The third-order valence-corrected chi connectivity index (χ3v) is 9.16. The van der Waals surface area contributed by atoms with E-state index in [1.165, 1.54) is 32.1 Å². The second-order valence-corrected chi connectivity index (χ2v) is 9.76. The van der Waals surface area contributed by atoms with Crippen molar-refractivity contribution in [1.29, 1.82) is 0 Å². The van der Waals surface area contributed by atoms with Crippen molar-refractivity contribution in [2.75, 3.05) is 0 Å². The Morgan fingerprint density at radius 3 is 2.52 bits per heavy atom. The Balaban J connectivity index is 1.54. The van der Waals surface area contributed by atoms with Crippen LogP contribution in [0.25, 0.3) is 0 Å². The van der Waals surface area contributed by atoms with Crippen molar-refractivity contribution in [3.8, 4) is 0 Å². The Hall–Kier alpha value is -0.260. The van der Waals surface area contributed by atoms with Gasteiger partial charge in [-0.25, -0.2) is 0 Å². The molecular formula is C23H38. The van der Waals surface area contributed by atoms with Gasteiger partial charge in [0.05, 0.1) is 0 Å². The van der Waals surface area contributed by atoms with Gasteiger partial charge in [-0.1, -0.05) is 32.4 Å². The summed E-state index contributed by atoms with van der Waals surface area (Å²) in [6.45, 7) is 7.35. The third kappa shape index (κ3) is 2.54. The maximum Gasteiger partial charge on any atom is -0.0231 e. The van der Waals surface area contributed by atoms with Crippen LogP contribution in [0.15, 0.2) is 12.2 Å². The molecule has 2 unspecified atom stereocenters. The van der Waals surface area contributed by atoms with Crippen LogP contribution >= 0.6 is 0 Å². The quantitative estimate of drug-likeness (QED) is 0.488. The van der Waals surface area contributed by atoms with E-state index in [1.807, 2.05) is 0 Å². The van der Waals surface area contributed by atoms with Gasteiger partial charge in [0.2, 0.25) is 0 Å². The average molecular weight is 315 g/mol. The first-order valence-electron chi connectivity index (χ1n) is 10.8. The summed E-state index contributed by atoms with van der Waals surface area (Å²) < 4.78 is 0. The summed E-state index contributed by atoms with van der Waals surface area (Å²) in [5.41, 5.74) is 0.708. The van der Waals surface area contributed by atoms with Gasteiger partial charge in [-0.3, -0.25) is 0 Å². The second-order valence-electron chi connectivity index (χ2n) is 9.76. The summed E-state index contributed by atoms with van der Waals surface area (Å²) in [6.07, 6.45) is 20.2. The Morgan fingerprint density at radius 2 is 1.74 bits per heavy atom. The van der Waals surface area contributed by atoms with E-state index in [4.69, 9.17) is 0 Å². The Kier molecular flexibility index (Phi) is 4.39. The Labute approximate surface area is 144 Å². The maximum absolute atomic E-state index is 2.69. The highest BCUT2D eigenvalue weighted by atomic mass is 14.6. The predicted molar refractivity (Wildman–Crippen MR) is 99.2 cm³/mol. The van der Waals surface area contributed by atoms with Crippen molar-refractivity contribution >= 4 is 0 Å². The molecule has 0 radical (unpaired) electrons. The molecule has 4 aliphatic rings. The molecule has 0 amide bonds. The molecule has 0 aromatic rings. The van der Waals surface area contributed by atoms with Crippen LogP contribution in [-0.2, 0) is 0 Å². The van der Waals surface area contributed by atoms with Gasteiger partial charge < -0.3 is 0 Å². The van der Waals surface area contributed by atoms with Crippen molar-refractivity contribution < 1.29 is 0 Å². The molecule has 4 rings (SSSR count).